The highest BCUT2D eigenvalue weighted by Gasteiger charge is 2.29. The van der Waals surface area contributed by atoms with E-state index in [0.717, 1.165) is 26.2 Å². The lowest BCUT2D eigenvalue weighted by atomic mass is 10.0. The van der Waals surface area contributed by atoms with E-state index in [4.69, 9.17) is 29.2 Å². The fourth-order valence-electron chi connectivity index (χ4n) is 2.18. The first-order valence-electron chi connectivity index (χ1n) is 7.99. The Morgan fingerprint density at radius 2 is 1.71 bits per heavy atom. The van der Waals surface area contributed by atoms with Gasteiger partial charge in [-0.1, -0.05) is 0 Å². The van der Waals surface area contributed by atoms with Crippen LogP contribution in [0.4, 0.5) is 0 Å². The van der Waals surface area contributed by atoms with Gasteiger partial charge in [0.05, 0.1) is 18.8 Å². The summed E-state index contributed by atoms with van der Waals surface area (Å²) >= 11 is 10.4. The third-order valence-electron chi connectivity index (χ3n) is 3.34. The summed E-state index contributed by atoms with van der Waals surface area (Å²) in [5.74, 6) is 0. The van der Waals surface area contributed by atoms with Gasteiger partial charge in [-0.3, -0.25) is 10.9 Å². The Labute approximate surface area is 161 Å². The summed E-state index contributed by atoms with van der Waals surface area (Å²) in [6.45, 7) is 9.92. The molecule has 0 aromatic heterocycles. The van der Waals surface area contributed by atoms with Crippen LogP contribution < -0.4 is 37.7 Å². The van der Waals surface area contributed by atoms with Gasteiger partial charge in [0.1, 0.15) is 0 Å². The van der Waals surface area contributed by atoms with E-state index >= 15 is 0 Å². The molecule has 8 nitrogen and oxygen atoms in total. The Kier molecular flexibility index (Phi) is 13.5. The Morgan fingerprint density at radius 1 is 1.12 bits per heavy atom. The second-order valence-electron chi connectivity index (χ2n) is 5.19. The minimum atomic E-state index is -0.0173. The van der Waals surface area contributed by atoms with Gasteiger partial charge in [-0.15, -0.1) is 12.4 Å². The summed E-state index contributed by atoms with van der Waals surface area (Å²) < 4.78 is 5.86. The molecular formula is C13H30ClN7OS2. The average Bonchev–Trinajstić information content (AvgIpc) is 2.54. The Hall–Kier alpha value is -0.490. The summed E-state index contributed by atoms with van der Waals surface area (Å²) in [7, 11) is 0. The molecule has 3 atom stereocenters. The van der Waals surface area contributed by atoms with Crippen molar-refractivity contribution >= 4 is 47.1 Å². The van der Waals surface area contributed by atoms with Crippen molar-refractivity contribution < 1.29 is 4.74 Å². The SMILES string of the molecule is CCNC(=S)NNC(C)C(NNC(=S)NCC)C1CNCCO1.Cl. The predicted octanol–water partition coefficient (Wildman–Crippen LogP) is -0.869. The van der Waals surface area contributed by atoms with Crippen molar-refractivity contribution in [3.05, 3.63) is 0 Å². The summed E-state index contributed by atoms with van der Waals surface area (Å²) in [6.07, 6.45) is 0.0117. The number of hydrazine groups is 2. The normalized spacial score (nSPS) is 19.4. The van der Waals surface area contributed by atoms with Gasteiger partial charge in [0.15, 0.2) is 10.2 Å². The fraction of sp³-hybridized carbons (Fsp3) is 0.846. The second kappa shape index (κ2) is 13.8. The van der Waals surface area contributed by atoms with Crippen molar-refractivity contribution in [2.24, 2.45) is 0 Å². The van der Waals surface area contributed by atoms with E-state index in [2.05, 4.69) is 44.6 Å². The van der Waals surface area contributed by atoms with Gasteiger partial charge in [-0.25, -0.2) is 10.9 Å². The van der Waals surface area contributed by atoms with Crippen LogP contribution in [-0.2, 0) is 4.74 Å². The van der Waals surface area contributed by atoms with Gasteiger partial charge < -0.3 is 20.7 Å². The number of nitrogens with one attached hydrogen (secondary N) is 7. The van der Waals surface area contributed by atoms with Crippen molar-refractivity contribution in [2.45, 2.75) is 39.0 Å². The van der Waals surface area contributed by atoms with Crippen molar-refractivity contribution in [1.82, 2.24) is 37.7 Å². The molecule has 1 heterocycles. The number of rotatable bonds is 8. The number of morpholine rings is 1. The molecule has 3 unspecified atom stereocenters. The topological polar surface area (TPSA) is 93.4 Å². The van der Waals surface area contributed by atoms with Crippen LogP contribution in [0.5, 0.6) is 0 Å². The molecule has 24 heavy (non-hydrogen) atoms. The lowest BCUT2D eigenvalue weighted by Gasteiger charge is -2.36. The molecule has 142 valence electrons. The van der Waals surface area contributed by atoms with Crippen LogP contribution in [-0.4, -0.2) is 61.2 Å². The molecule has 1 saturated heterocycles. The molecule has 0 aromatic rings. The Balaban J connectivity index is 0.00000529. The molecule has 0 bridgehead atoms. The van der Waals surface area contributed by atoms with Gasteiger partial charge in [0.2, 0.25) is 0 Å². The van der Waals surface area contributed by atoms with E-state index in [0.29, 0.717) is 16.8 Å². The highest BCUT2D eigenvalue weighted by Crippen LogP contribution is 2.06. The maximum Gasteiger partial charge on any atom is 0.180 e. The summed E-state index contributed by atoms with van der Waals surface area (Å²) in [6, 6.07) is 0.0183. The van der Waals surface area contributed by atoms with Gasteiger partial charge in [0, 0.05) is 32.2 Å². The van der Waals surface area contributed by atoms with Gasteiger partial charge in [-0.05, 0) is 45.2 Å². The van der Waals surface area contributed by atoms with Crippen LogP contribution in [0.15, 0.2) is 0 Å². The van der Waals surface area contributed by atoms with E-state index in [1.54, 1.807) is 0 Å². The summed E-state index contributed by atoms with van der Waals surface area (Å²) in [4.78, 5) is 0. The zero-order valence-electron chi connectivity index (χ0n) is 14.4. The number of hydrogen-bond acceptors (Lipinski definition) is 6. The Morgan fingerprint density at radius 3 is 2.21 bits per heavy atom. The van der Waals surface area contributed by atoms with Crippen LogP contribution in [0.25, 0.3) is 0 Å². The quantitative estimate of drug-likeness (QED) is 0.206. The molecule has 11 heteroatoms. The molecule has 0 saturated carbocycles. The van der Waals surface area contributed by atoms with Crippen LogP contribution in [0.1, 0.15) is 20.8 Å². The minimum absolute atomic E-state index is 0. The van der Waals surface area contributed by atoms with Crippen molar-refractivity contribution in [1.29, 1.82) is 0 Å². The average molecular weight is 400 g/mol. The van der Waals surface area contributed by atoms with Gasteiger partial charge >= 0.3 is 0 Å². The lowest BCUT2D eigenvalue weighted by Crippen LogP contribution is -2.65. The molecule has 0 amide bonds. The predicted molar refractivity (Wildman–Crippen MR) is 108 cm³/mol. The fourth-order valence-corrected chi connectivity index (χ4v) is 2.59. The lowest BCUT2D eigenvalue weighted by molar-refractivity contribution is -0.00540. The number of thiocarbonyl (C=S) groups is 2. The molecule has 1 rings (SSSR count). The largest absolute Gasteiger partial charge is 0.374 e. The molecule has 1 aliphatic rings. The van der Waals surface area contributed by atoms with E-state index in [9.17, 15) is 0 Å². The number of ether oxygens (including phenoxy) is 1. The van der Waals surface area contributed by atoms with Crippen molar-refractivity contribution in [3.8, 4) is 0 Å². The molecule has 1 fully saturated rings. The van der Waals surface area contributed by atoms with Crippen LogP contribution in [0, 0.1) is 0 Å². The third-order valence-corrected chi connectivity index (χ3v) is 3.83. The van der Waals surface area contributed by atoms with E-state index < -0.39 is 0 Å². The van der Waals surface area contributed by atoms with Crippen LogP contribution >= 0.6 is 36.8 Å². The molecule has 0 spiro atoms. The van der Waals surface area contributed by atoms with E-state index in [1.165, 1.54) is 0 Å². The van der Waals surface area contributed by atoms with E-state index in [-0.39, 0.29) is 30.6 Å². The highest BCUT2D eigenvalue weighted by molar-refractivity contribution is 7.80. The first kappa shape index (κ1) is 23.5. The molecule has 0 radical (unpaired) electrons. The first-order chi connectivity index (χ1) is 11.1. The number of hydrogen-bond donors (Lipinski definition) is 7. The minimum Gasteiger partial charge on any atom is -0.374 e. The molecule has 0 aromatic carbocycles. The van der Waals surface area contributed by atoms with Gasteiger partial charge in [-0.2, -0.15) is 0 Å². The van der Waals surface area contributed by atoms with Crippen LogP contribution in [0.2, 0.25) is 0 Å². The molecule has 1 aliphatic heterocycles. The molecule has 0 aliphatic carbocycles. The highest BCUT2D eigenvalue weighted by atomic mass is 35.5. The maximum atomic E-state index is 5.86. The maximum absolute atomic E-state index is 5.86. The van der Waals surface area contributed by atoms with Gasteiger partial charge in [0.25, 0.3) is 0 Å². The van der Waals surface area contributed by atoms with Crippen molar-refractivity contribution in [3.63, 3.8) is 0 Å². The summed E-state index contributed by atoms with van der Waals surface area (Å²) in [5, 5.41) is 10.5. The number of halogens is 1. The molecule has 7 N–H and O–H groups in total. The standard InChI is InChI=1S/C13H29N7OS2.ClH/c1-4-15-12(22)19-17-9(3)11(10-8-14-6-7-21-10)18-20-13(23)16-5-2;/h9-11,14,17-18H,4-8H2,1-3H3,(H2,15,19,22)(H2,16,20,23);1H. The smallest absolute Gasteiger partial charge is 0.180 e. The zero-order chi connectivity index (χ0) is 17.1. The third kappa shape index (κ3) is 9.11. The molecular weight excluding hydrogens is 370 g/mol. The Bertz CT molecular complexity index is 372. The van der Waals surface area contributed by atoms with Crippen LogP contribution in [0.3, 0.4) is 0 Å². The monoisotopic (exact) mass is 399 g/mol. The van der Waals surface area contributed by atoms with Crippen molar-refractivity contribution in [2.75, 3.05) is 32.8 Å². The van der Waals surface area contributed by atoms with E-state index in [1.807, 2.05) is 13.8 Å². The summed E-state index contributed by atoms with van der Waals surface area (Å²) in [5.41, 5.74) is 12.5. The zero-order valence-corrected chi connectivity index (χ0v) is 16.9. The first-order valence-corrected chi connectivity index (χ1v) is 8.81. The second-order valence-corrected chi connectivity index (χ2v) is 6.00.